The van der Waals surface area contributed by atoms with E-state index in [0.717, 1.165) is 25.5 Å². The number of hydrogen-bond donors (Lipinski definition) is 0. The standard InChI is InChI=1S/C14H28O4SSi/c1-13(2,3)20(5,6)18-12-7-11-8-14(11,9-12)10-17-19(4,15)16/h11-12H,7-10H2,1-6H3. The van der Waals surface area contributed by atoms with Crippen molar-refractivity contribution in [2.45, 2.75) is 64.3 Å². The van der Waals surface area contributed by atoms with Crippen LogP contribution < -0.4 is 0 Å². The normalized spacial score (nSPS) is 34.1. The first kappa shape index (κ1) is 16.5. The SMILES string of the molecule is CC(C)(C)[Si](C)(C)OC1CC2CC2(COS(C)(=O)=O)C1. The third-order valence-electron chi connectivity index (χ3n) is 5.37. The summed E-state index contributed by atoms with van der Waals surface area (Å²) in [5.41, 5.74) is 0.0795. The summed E-state index contributed by atoms with van der Waals surface area (Å²) < 4.78 is 33.8. The Kier molecular flexibility index (Phi) is 3.95. The van der Waals surface area contributed by atoms with Gasteiger partial charge in [-0.15, -0.1) is 0 Å². The molecule has 6 heteroatoms. The van der Waals surface area contributed by atoms with E-state index in [1.807, 2.05) is 0 Å². The Bertz CT molecular complexity index is 480. The molecule has 0 aromatic heterocycles. The molecule has 118 valence electrons. The minimum atomic E-state index is -3.33. The second kappa shape index (κ2) is 4.79. The molecule has 2 saturated carbocycles. The van der Waals surface area contributed by atoms with Crippen LogP contribution in [-0.4, -0.2) is 35.7 Å². The third kappa shape index (κ3) is 3.46. The first-order valence-corrected chi connectivity index (χ1v) is 12.1. The molecule has 2 aliphatic rings. The summed E-state index contributed by atoms with van der Waals surface area (Å²) in [5, 5.41) is 0.218. The molecule has 20 heavy (non-hydrogen) atoms. The van der Waals surface area contributed by atoms with Crippen LogP contribution in [0.2, 0.25) is 18.1 Å². The molecule has 0 aromatic rings. The zero-order chi connectivity index (χ0) is 15.4. The van der Waals surface area contributed by atoms with Crippen molar-refractivity contribution in [2.24, 2.45) is 11.3 Å². The lowest BCUT2D eigenvalue weighted by Crippen LogP contribution is -2.43. The van der Waals surface area contributed by atoms with Gasteiger partial charge >= 0.3 is 0 Å². The van der Waals surface area contributed by atoms with E-state index >= 15 is 0 Å². The van der Waals surface area contributed by atoms with E-state index in [1.54, 1.807) is 0 Å². The lowest BCUT2D eigenvalue weighted by atomic mass is 10.1. The van der Waals surface area contributed by atoms with Crippen molar-refractivity contribution in [3.05, 3.63) is 0 Å². The maximum absolute atomic E-state index is 11.1. The van der Waals surface area contributed by atoms with E-state index in [-0.39, 0.29) is 16.6 Å². The highest BCUT2D eigenvalue weighted by Gasteiger charge is 2.61. The summed E-state index contributed by atoms with van der Waals surface area (Å²) in [4.78, 5) is 0. The molecule has 0 saturated heterocycles. The molecule has 2 aliphatic carbocycles. The van der Waals surface area contributed by atoms with Crippen LogP contribution in [0, 0.1) is 11.3 Å². The molecule has 0 aromatic carbocycles. The lowest BCUT2D eigenvalue weighted by Gasteiger charge is -2.39. The topological polar surface area (TPSA) is 52.6 Å². The molecule has 0 spiro atoms. The van der Waals surface area contributed by atoms with Gasteiger partial charge in [0.25, 0.3) is 10.1 Å². The number of hydrogen-bond acceptors (Lipinski definition) is 4. The highest BCUT2D eigenvalue weighted by Crippen LogP contribution is 2.64. The van der Waals surface area contributed by atoms with E-state index in [4.69, 9.17) is 8.61 Å². The average Bonchev–Trinajstić information content (AvgIpc) is 2.76. The first-order chi connectivity index (χ1) is 8.85. The fraction of sp³-hybridized carbons (Fsp3) is 1.00. The molecule has 0 aliphatic heterocycles. The molecule has 0 heterocycles. The number of rotatable bonds is 5. The Morgan fingerprint density at radius 2 is 1.85 bits per heavy atom. The summed E-state index contributed by atoms with van der Waals surface area (Å²) >= 11 is 0. The molecular weight excluding hydrogens is 292 g/mol. The van der Waals surface area contributed by atoms with Gasteiger partial charge < -0.3 is 4.43 Å². The monoisotopic (exact) mass is 320 g/mol. The van der Waals surface area contributed by atoms with Gasteiger partial charge in [0.1, 0.15) is 0 Å². The Balaban J connectivity index is 1.91. The van der Waals surface area contributed by atoms with Gasteiger partial charge in [-0.2, -0.15) is 8.42 Å². The van der Waals surface area contributed by atoms with Crippen molar-refractivity contribution in [1.29, 1.82) is 0 Å². The van der Waals surface area contributed by atoms with Crippen LogP contribution in [0.25, 0.3) is 0 Å². The van der Waals surface area contributed by atoms with Gasteiger partial charge in [-0.1, -0.05) is 20.8 Å². The first-order valence-electron chi connectivity index (χ1n) is 7.37. The molecule has 0 N–H and O–H groups in total. The highest BCUT2D eigenvalue weighted by molar-refractivity contribution is 7.85. The zero-order valence-electron chi connectivity index (χ0n) is 13.5. The second-order valence-electron chi connectivity index (χ2n) is 8.17. The second-order valence-corrected chi connectivity index (χ2v) is 14.6. The summed E-state index contributed by atoms with van der Waals surface area (Å²) in [6, 6.07) is 0. The van der Waals surface area contributed by atoms with Crippen LogP contribution in [-0.2, 0) is 18.7 Å². The van der Waals surface area contributed by atoms with Crippen LogP contribution >= 0.6 is 0 Å². The van der Waals surface area contributed by atoms with Crippen molar-refractivity contribution in [3.63, 3.8) is 0 Å². The molecule has 0 radical (unpaired) electrons. The van der Waals surface area contributed by atoms with E-state index < -0.39 is 18.4 Å². The molecule has 0 amide bonds. The van der Waals surface area contributed by atoms with Gasteiger partial charge in [0, 0.05) is 11.5 Å². The van der Waals surface area contributed by atoms with Crippen LogP contribution in [0.1, 0.15) is 40.0 Å². The van der Waals surface area contributed by atoms with Crippen LogP contribution in [0.15, 0.2) is 0 Å². The average molecular weight is 321 g/mol. The Morgan fingerprint density at radius 3 is 2.35 bits per heavy atom. The van der Waals surface area contributed by atoms with Crippen molar-refractivity contribution >= 4 is 18.4 Å². The van der Waals surface area contributed by atoms with Gasteiger partial charge in [0.15, 0.2) is 8.32 Å². The van der Waals surface area contributed by atoms with E-state index in [2.05, 4.69) is 33.9 Å². The van der Waals surface area contributed by atoms with Gasteiger partial charge in [0.05, 0.1) is 12.9 Å². The molecule has 2 rings (SSSR count). The van der Waals surface area contributed by atoms with Gasteiger partial charge in [-0.3, -0.25) is 4.18 Å². The van der Waals surface area contributed by atoms with E-state index in [1.165, 1.54) is 0 Å². The van der Waals surface area contributed by atoms with Crippen LogP contribution in [0.5, 0.6) is 0 Å². The Morgan fingerprint density at radius 1 is 1.25 bits per heavy atom. The van der Waals surface area contributed by atoms with Crippen molar-refractivity contribution in [3.8, 4) is 0 Å². The van der Waals surface area contributed by atoms with E-state index in [9.17, 15) is 8.42 Å². The number of fused-ring (bicyclic) bond motifs is 1. The highest BCUT2D eigenvalue weighted by atomic mass is 32.2. The minimum absolute atomic E-state index is 0.0795. The van der Waals surface area contributed by atoms with Crippen LogP contribution in [0.3, 0.4) is 0 Å². The molecule has 4 nitrogen and oxygen atoms in total. The van der Waals surface area contributed by atoms with Crippen molar-refractivity contribution in [1.82, 2.24) is 0 Å². The van der Waals surface area contributed by atoms with Gasteiger partial charge in [-0.25, -0.2) is 0 Å². The minimum Gasteiger partial charge on any atom is -0.414 e. The Labute approximate surface area is 124 Å². The zero-order valence-corrected chi connectivity index (χ0v) is 15.3. The maximum Gasteiger partial charge on any atom is 0.264 e. The third-order valence-corrected chi connectivity index (χ3v) is 10.4. The molecule has 3 unspecified atom stereocenters. The smallest absolute Gasteiger partial charge is 0.264 e. The Hall–Kier alpha value is 0.0869. The predicted molar refractivity (Wildman–Crippen MR) is 82.6 cm³/mol. The summed E-state index contributed by atoms with van der Waals surface area (Å²) in [6.45, 7) is 11.6. The quantitative estimate of drug-likeness (QED) is 0.577. The van der Waals surface area contributed by atoms with E-state index in [0.29, 0.717) is 12.5 Å². The largest absolute Gasteiger partial charge is 0.414 e. The summed E-state index contributed by atoms with van der Waals surface area (Å²) in [6.07, 6.45) is 4.54. The molecule has 3 atom stereocenters. The van der Waals surface area contributed by atoms with Crippen LogP contribution in [0.4, 0.5) is 0 Å². The van der Waals surface area contributed by atoms with Crippen molar-refractivity contribution < 1.29 is 17.0 Å². The lowest BCUT2D eigenvalue weighted by molar-refractivity contribution is 0.149. The molecular formula is C14H28O4SSi. The summed E-state index contributed by atoms with van der Waals surface area (Å²) in [7, 11) is -5.06. The molecule has 0 bridgehead atoms. The summed E-state index contributed by atoms with van der Waals surface area (Å²) in [5.74, 6) is 0.596. The predicted octanol–water partition coefficient (Wildman–Crippen LogP) is 3.15. The molecule has 2 fully saturated rings. The van der Waals surface area contributed by atoms with Crippen molar-refractivity contribution in [2.75, 3.05) is 12.9 Å². The van der Waals surface area contributed by atoms with Gasteiger partial charge in [-0.05, 0) is 43.3 Å². The maximum atomic E-state index is 11.1. The fourth-order valence-corrected chi connectivity index (χ4v) is 4.83. The fourth-order valence-electron chi connectivity index (χ4n) is 3.01. The van der Waals surface area contributed by atoms with Gasteiger partial charge in [0.2, 0.25) is 0 Å².